The fourth-order valence-electron chi connectivity index (χ4n) is 0.702. The van der Waals surface area contributed by atoms with Crippen LogP contribution in [0.5, 0.6) is 0 Å². The molecule has 0 aromatic rings. The summed E-state index contributed by atoms with van der Waals surface area (Å²) in [5.41, 5.74) is 0.922. The zero-order valence-electron chi connectivity index (χ0n) is 6.28. The Balaban J connectivity index is 2.75. The minimum Gasteiger partial charge on any atom is -0.307 e. The van der Waals surface area contributed by atoms with Crippen LogP contribution in [0.3, 0.4) is 0 Å². The summed E-state index contributed by atoms with van der Waals surface area (Å²) in [5.74, 6) is 0.849. The summed E-state index contributed by atoms with van der Waals surface area (Å²) in [6.45, 7) is 5.66. The number of hydrogen-bond acceptors (Lipinski definition) is 1. The van der Waals surface area contributed by atoms with Crippen LogP contribution >= 0.6 is 15.9 Å². The van der Waals surface area contributed by atoms with Crippen molar-refractivity contribution in [3.63, 3.8) is 0 Å². The highest BCUT2D eigenvalue weighted by Crippen LogP contribution is 2.01. The summed E-state index contributed by atoms with van der Waals surface area (Å²) in [6, 6.07) is 0. The zero-order valence-corrected chi connectivity index (χ0v) is 7.87. The minimum absolute atomic E-state index is 0.849. The first-order valence-electron chi connectivity index (χ1n) is 3.54. The molecule has 0 saturated heterocycles. The van der Waals surface area contributed by atoms with Crippen LogP contribution in [-0.2, 0) is 0 Å². The standard InChI is InChI=1S/C7H16BrN/c1-7(2)4-3-5-9-6-8/h7,9H,3-6H2,1-2H3. The summed E-state index contributed by atoms with van der Waals surface area (Å²) in [5, 5.41) is 3.22. The number of rotatable bonds is 5. The first-order valence-corrected chi connectivity index (χ1v) is 4.66. The van der Waals surface area contributed by atoms with Gasteiger partial charge in [0.05, 0.1) is 5.45 Å². The average molecular weight is 194 g/mol. The van der Waals surface area contributed by atoms with Crippen LogP contribution in [0, 0.1) is 5.92 Å². The molecule has 0 unspecified atom stereocenters. The highest BCUT2D eigenvalue weighted by atomic mass is 79.9. The van der Waals surface area contributed by atoms with Gasteiger partial charge in [-0.25, -0.2) is 0 Å². The molecular formula is C7H16BrN. The van der Waals surface area contributed by atoms with Gasteiger partial charge in [-0.1, -0.05) is 29.8 Å². The number of nitrogens with one attached hydrogen (secondary N) is 1. The predicted molar refractivity (Wildman–Crippen MR) is 45.9 cm³/mol. The topological polar surface area (TPSA) is 12.0 Å². The van der Waals surface area contributed by atoms with E-state index in [1.807, 2.05) is 0 Å². The van der Waals surface area contributed by atoms with E-state index in [0.717, 1.165) is 17.9 Å². The second-order valence-electron chi connectivity index (χ2n) is 2.67. The summed E-state index contributed by atoms with van der Waals surface area (Å²) in [4.78, 5) is 0. The van der Waals surface area contributed by atoms with Crippen molar-refractivity contribution < 1.29 is 0 Å². The third-order valence-corrected chi connectivity index (χ3v) is 1.63. The van der Waals surface area contributed by atoms with E-state index >= 15 is 0 Å². The molecule has 1 N–H and O–H groups in total. The quantitative estimate of drug-likeness (QED) is 0.402. The number of halogens is 1. The molecule has 0 aromatic heterocycles. The van der Waals surface area contributed by atoms with Gasteiger partial charge in [-0.05, 0) is 25.3 Å². The van der Waals surface area contributed by atoms with Crippen molar-refractivity contribution in [2.45, 2.75) is 26.7 Å². The SMILES string of the molecule is CC(C)CCCNCBr. The summed E-state index contributed by atoms with van der Waals surface area (Å²) in [6.07, 6.45) is 2.63. The van der Waals surface area contributed by atoms with Crippen molar-refractivity contribution in [1.82, 2.24) is 5.32 Å². The Morgan fingerprint density at radius 1 is 1.44 bits per heavy atom. The Bertz CT molecular complexity index is 54.9. The first-order chi connectivity index (χ1) is 4.27. The molecule has 0 aliphatic heterocycles. The second kappa shape index (κ2) is 6.56. The highest BCUT2D eigenvalue weighted by Gasteiger charge is 1.91. The van der Waals surface area contributed by atoms with Crippen LogP contribution in [0.15, 0.2) is 0 Å². The van der Waals surface area contributed by atoms with Crippen LogP contribution < -0.4 is 5.32 Å². The number of hydrogen-bond donors (Lipinski definition) is 1. The van der Waals surface area contributed by atoms with Gasteiger partial charge in [0.25, 0.3) is 0 Å². The lowest BCUT2D eigenvalue weighted by Gasteiger charge is -2.02. The smallest absolute Gasteiger partial charge is 0.0517 e. The van der Waals surface area contributed by atoms with Crippen LogP contribution in [-0.4, -0.2) is 12.0 Å². The predicted octanol–water partition coefficient (Wildman–Crippen LogP) is 2.36. The molecule has 0 rings (SSSR count). The van der Waals surface area contributed by atoms with Crippen LogP contribution in [0.2, 0.25) is 0 Å². The summed E-state index contributed by atoms with van der Waals surface area (Å²) < 4.78 is 0. The molecule has 0 aliphatic rings. The molecule has 0 bridgehead atoms. The molecule has 9 heavy (non-hydrogen) atoms. The first kappa shape index (κ1) is 9.44. The third kappa shape index (κ3) is 8.44. The Morgan fingerprint density at radius 2 is 2.11 bits per heavy atom. The Labute approximate surface area is 66.3 Å². The monoisotopic (exact) mass is 193 g/mol. The average Bonchev–Trinajstić information content (AvgIpc) is 1.80. The lowest BCUT2D eigenvalue weighted by molar-refractivity contribution is 0.541. The van der Waals surface area contributed by atoms with Gasteiger partial charge < -0.3 is 5.32 Å². The fraction of sp³-hybridized carbons (Fsp3) is 1.00. The van der Waals surface area contributed by atoms with Crippen LogP contribution in [0.4, 0.5) is 0 Å². The Morgan fingerprint density at radius 3 is 2.56 bits per heavy atom. The lowest BCUT2D eigenvalue weighted by Crippen LogP contribution is -2.12. The molecule has 2 heteroatoms. The highest BCUT2D eigenvalue weighted by molar-refractivity contribution is 9.09. The molecular weight excluding hydrogens is 178 g/mol. The van der Waals surface area contributed by atoms with Gasteiger partial charge in [0.2, 0.25) is 0 Å². The van der Waals surface area contributed by atoms with Gasteiger partial charge in [-0.15, -0.1) is 0 Å². The molecule has 0 saturated carbocycles. The van der Waals surface area contributed by atoms with E-state index < -0.39 is 0 Å². The van der Waals surface area contributed by atoms with Gasteiger partial charge in [0.15, 0.2) is 0 Å². The van der Waals surface area contributed by atoms with Crippen molar-refractivity contribution in [2.24, 2.45) is 5.92 Å². The second-order valence-corrected chi connectivity index (χ2v) is 3.23. The van der Waals surface area contributed by atoms with Gasteiger partial charge in [-0.3, -0.25) is 0 Å². The van der Waals surface area contributed by atoms with E-state index in [-0.39, 0.29) is 0 Å². The third-order valence-electron chi connectivity index (χ3n) is 1.23. The molecule has 0 aromatic carbocycles. The molecule has 0 spiro atoms. The summed E-state index contributed by atoms with van der Waals surface area (Å²) in [7, 11) is 0. The van der Waals surface area contributed by atoms with Crippen LogP contribution in [0.25, 0.3) is 0 Å². The van der Waals surface area contributed by atoms with E-state index in [0.29, 0.717) is 0 Å². The molecule has 0 aliphatic carbocycles. The van der Waals surface area contributed by atoms with E-state index in [1.165, 1.54) is 12.8 Å². The van der Waals surface area contributed by atoms with Crippen molar-refractivity contribution in [2.75, 3.05) is 12.0 Å². The van der Waals surface area contributed by atoms with Gasteiger partial charge in [-0.2, -0.15) is 0 Å². The van der Waals surface area contributed by atoms with E-state index in [2.05, 4.69) is 35.1 Å². The fourth-order valence-corrected chi connectivity index (χ4v) is 0.982. The molecule has 0 amide bonds. The largest absolute Gasteiger partial charge is 0.307 e. The normalized spacial score (nSPS) is 10.7. The molecule has 56 valence electrons. The van der Waals surface area contributed by atoms with E-state index in [4.69, 9.17) is 0 Å². The maximum Gasteiger partial charge on any atom is 0.0517 e. The summed E-state index contributed by atoms with van der Waals surface area (Å²) >= 11 is 3.31. The van der Waals surface area contributed by atoms with Gasteiger partial charge in [0.1, 0.15) is 0 Å². The molecule has 1 nitrogen and oxygen atoms in total. The van der Waals surface area contributed by atoms with Gasteiger partial charge >= 0.3 is 0 Å². The molecule has 0 radical (unpaired) electrons. The zero-order chi connectivity index (χ0) is 7.11. The van der Waals surface area contributed by atoms with Crippen molar-refractivity contribution in [3.8, 4) is 0 Å². The lowest BCUT2D eigenvalue weighted by atomic mass is 10.1. The van der Waals surface area contributed by atoms with E-state index in [9.17, 15) is 0 Å². The maximum absolute atomic E-state index is 3.31. The van der Waals surface area contributed by atoms with Crippen molar-refractivity contribution >= 4 is 15.9 Å². The van der Waals surface area contributed by atoms with Crippen molar-refractivity contribution in [3.05, 3.63) is 0 Å². The minimum atomic E-state index is 0.849. The Kier molecular flexibility index (Phi) is 6.88. The van der Waals surface area contributed by atoms with Crippen molar-refractivity contribution in [1.29, 1.82) is 0 Å². The molecule has 0 heterocycles. The number of alkyl halides is 1. The maximum atomic E-state index is 3.31. The van der Waals surface area contributed by atoms with Gasteiger partial charge in [0, 0.05) is 0 Å². The Hall–Kier alpha value is 0.440. The molecule has 0 fully saturated rings. The van der Waals surface area contributed by atoms with Crippen LogP contribution in [0.1, 0.15) is 26.7 Å². The van der Waals surface area contributed by atoms with E-state index in [1.54, 1.807) is 0 Å². The molecule has 0 atom stereocenters.